The molecule has 2 aliphatic rings. The predicted octanol–water partition coefficient (Wildman–Crippen LogP) is 1.39. The summed E-state index contributed by atoms with van der Waals surface area (Å²) in [7, 11) is 2.13. The molecule has 19 heavy (non-hydrogen) atoms. The van der Waals surface area contributed by atoms with Crippen LogP contribution in [-0.4, -0.2) is 29.5 Å². The van der Waals surface area contributed by atoms with Crippen molar-refractivity contribution >= 4 is 0 Å². The van der Waals surface area contributed by atoms with E-state index in [9.17, 15) is 4.79 Å². The second kappa shape index (κ2) is 5.47. The van der Waals surface area contributed by atoms with E-state index in [1.54, 1.807) is 0 Å². The van der Waals surface area contributed by atoms with Gasteiger partial charge >= 0.3 is 0 Å². The lowest BCUT2D eigenvalue weighted by atomic mass is 10.0. The summed E-state index contributed by atoms with van der Waals surface area (Å²) in [6.45, 7) is 2.68. The first-order chi connectivity index (χ1) is 9.22. The van der Waals surface area contributed by atoms with E-state index < -0.39 is 0 Å². The molecule has 0 saturated heterocycles. The fourth-order valence-electron chi connectivity index (χ4n) is 3.21. The molecular weight excluding hydrogens is 238 g/mol. The average molecular weight is 261 g/mol. The predicted molar refractivity (Wildman–Crippen MR) is 76.2 cm³/mol. The van der Waals surface area contributed by atoms with E-state index in [1.807, 2.05) is 0 Å². The lowest BCUT2D eigenvalue weighted by Crippen LogP contribution is -2.32. The van der Waals surface area contributed by atoms with Crippen LogP contribution in [0.2, 0.25) is 0 Å². The van der Waals surface area contributed by atoms with Crippen molar-refractivity contribution in [3.8, 4) is 0 Å². The fraction of sp³-hybridized carbons (Fsp3) is 0.667. The SMILES string of the molecule is CN1CCc2[nH]c(=O)c(CNC3CCCC3)cc2C1. The van der Waals surface area contributed by atoms with E-state index in [2.05, 4.69) is 28.3 Å². The zero-order chi connectivity index (χ0) is 13.2. The molecule has 0 radical (unpaired) electrons. The minimum atomic E-state index is 0.0915. The summed E-state index contributed by atoms with van der Waals surface area (Å²) in [5, 5.41) is 3.52. The van der Waals surface area contributed by atoms with Crippen molar-refractivity contribution in [2.75, 3.05) is 13.6 Å². The Balaban J connectivity index is 1.73. The Morgan fingerprint density at radius 1 is 1.42 bits per heavy atom. The summed E-state index contributed by atoms with van der Waals surface area (Å²) in [5.41, 5.74) is 3.40. The van der Waals surface area contributed by atoms with Gasteiger partial charge in [0, 0.05) is 43.4 Å². The highest BCUT2D eigenvalue weighted by molar-refractivity contribution is 5.27. The minimum absolute atomic E-state index is 0.0915. The fourth-order valence-corrected chi connectivity index (χ4v) is 3.21. The lowest BCUT2D eigenvalue weighted by molar-refractivity contribution is 0.309. The van der Waals surface area contributed by atoms with Gasteiger partial charge in [0.2, 0.25) is 0 Å². The van der Waals surface area contributed by atoms with Crippen LogP contribution in [0.4, 0.5) is 0 Å². The smallest absolute Gasteiger partial charge is 0.252 e. The molecule has 0 unspecified atom stereocenters. The molecule has 2 N–H and O–H groups in total. The summed E-state index contributed by atoms with van der Waals surface area (Å²) in [5.74, 6) is 0. The van der Waals surface area contributed by atoms with Crippen LogP contribution in [0.3, 0.4) is 0 Å². The van der Waals surface area contributed by atoms with Crippen molar-refractivity contribution in [1.82, 2.24) is 15.2 Å². The third kappa shape index (κ3) is 2.90. The van der Waals surface area contributed by atoms with Crippen LogP contribution in [0.25, 0.3) is 0 Å². The monoisotopic (exact) mass is 261 g/mol. The number of aromatic nitrogens is 1. The molecule has 1 aromatic heterocycles. The van der Waals surface area contributed by atoms with E-state index >= 15 is 0 Å². The van der Waals surface area contributed by atoms with Gasteiger partial charge in [-0.1, -0.05) is 12.8 Å². The summed E-state index contributed by atoms with van der Waals surface area (Å²) in [6.07, 6.45) is 6.11. The van der Waals surface area contributed by atoms with Crippen molar-refractivity contribution in [3.63, 3.8) is 0 Å². The van der Waals surface area contributed by atoms with E-state index in [4.69, 9.17) is 0 Å². The molecule has 0 atom stereocenters. The van der Waals surface area contributed by atoms with Crippen LogP contribution in [-0.2, 0) is 19.5 Å². The van der Waals surface area contributed by atoms with Gasteiger partial charge in [-0.15, -0.1) is 0 Å². The first-order valence-electron chi connectivity index (χ1n) is 7.38. The number of rotatable bonds is 3. The Labute approximate surface area is 114 Å². The third-order valence-corrected chi connectivity index (χ3v) is 4.41. The minimum Gasteiger partial charge on any atom is -0.326 e. The van der Waals surface area contributed by atoms with Gasteiger partial charge in [-0.2, -0.15) is 0 Å². The highest BCUT2D eigenvalue weighted by atomic mass is 16.1. The molecule has 0 aromatic carbocycles. The molecule has 1 saturated carbocycles. The van der Waals surface area contributed by atoms with Gasteiger partial charge < -0.3 is 15.2 Å². The van der Waals surface area contributed by atoms with Gasteiger partial charge in [0.25, 0.3) is 5.56 Å². The van der Waals surface area contributed by atoms with Crippen LogP contribution in [0.1, 0.15) is 42.5 Å². The standard InChI is InChI=1S/C15H23N3O/c1-18-7-6-14-12(10-18)8-11(15(19)17-14)9-16-13-4-2-3-5-13/h8,13,16H,2-7,9-10H2,1H3,(H,17,19). The van der Waals surface area contributed by atoms with E-state index in [0.29, 0.717) is 12.6 Å². The maximum absolute atomic E-state index is 12.1. The molecule has 0 bridgehead atoms. The van der Waals surface area contributed by atoms with Crippen LogP contribution in [0.15, 0.2) is 10.9 Å². The molecule has 0 spiro atoms. The van der Waals surface area contributed by atoms with Crippen LogP contribution >= 0.6 is 0 Å². The molecule has 1 fully saturated rings. The molecule has 1 aliphatic carbocycles. The molecule has 3 rings (SSSR count). The first-order valence-corrected chi connectivity index (χ1v) is 7.38. The maximum atomic E-state index is 12.1. The average Bonchev–Trinajstić information content (AvgIpc) is 2.90. The number of hydrogen-bond donors (Lipinski definition) is 2. The number of hydrogen-bond acceptors (Lipinski definition) is 3. The van der Waals surface area contributed by atoms with Gasteiger partial charge in [0.1, 0.15) is 0 Å². The normalized spacial score (nSPS) is 20.7. The van der Waals surface area contributed by atoms with Crippen molar-refractivity contribution in [3.05, 3.63) is 33.2 Å². The van der Waals surface area contributed by atoms with E-state index in [-0.39, 0.29) is 5.56 Å². The largest absolute Gasteiger partial charge is 0.326 e. The van der Waals surface area contributed by atoms with Gasteiger partial charge in [-0.3, -0.25) is 4.79 Å². The quantitative estimate of drug-likeness (QED) is 0.864. The van der Waals surface area contributed by atoms with Gasteiger partial charge in [-0.25, -0.2) is 0 Å². The van der Waals surface area contributed by atoms with E-state index in [0.717, 1.165) is 30.8 Å². The summed E-state index contributed by atoms with van der Waals surface area (Å²) in [4.78, 5) is 17.4. The number of nitrogens with zero attached hydrogens (tertiary/aromatic N) is 1. The number of fused-ring (bicyclic) bond motifs is 1. The molecule has 4 heteroatoms. The van der Waals surface area contributed by atoms with Gasteiger partial charge in [0.15, 0.2) is 0 Å². The zero-order valence-electron chi connectivity index (χ0n) is 11.7. The number of nitrogens with one attached hydrogen (secondary N) is 2. The van der Waals surface area contributed by atoms with Crippen molar-refractivity contribution < 1.29 is 0 Å². The lowest BCUT2D eigenvalue weighted by Gasteiger charge is -2.25. The second-order valence-corrected chi connectivity index (χ2v) is 5.98. The Bertz CT molecular complexity index is 503. The number of pyridine rings is 1. The molecule has 1 aromatic rings. The highest BCUT2D eigenvalue weighted by Crippen LogP contribution is 2.19. The molecule has 0 amide bonds. The Morgan fingerprint density at radius 2 is 2.21 bits per heavy atom. The number of H-pyrrole nitrogens is 1. The summed E-state index contributed by atoms with van der Waals surface area (Å²) < 4.78 is 0. The van der Waals surface area contributed by atoms with E-state index in [1.165, 1.54) is 31.2 Å². The Morgan fingerprint density at radius 3 is 3.00 bits per heavy atom. The molecule has 104 valence electrons. The highest BCUT2D eigenvalue weighted by Gasteiger charge is 2.17. The summed E-state index contributed by atoms with van der Waals surface area (Å²) >= 11 is 0. The first kappa shape index (κ1) is 12.9. The molecule has 4 nitrogen and oxygen atoms in total. The van der Waals surface area contributed by atoms with Crippen LogP contribution in [0.5, 0.6) is 0 Å². The second-order valence-electron chi connectivity index (χ2n) is 5.98. The molecule has 2 heterocycles. The zero-order valence-corrected chi connectivity index (χ0v) is 11.7. The molecule has 1 aliphatic heterocycles. The van der Waals surface area contributed by atoms with Crippen molar-refractivity contribution in [1.29, 1.82) is 0 Å². The van der Waals surface area contributed by atoms with Crippen molar-refractivity contribution in [2.24, 2.45) is 0 Å². The summed E-state index contributed by atoms with van der Waals surface area (Å²) in [6, 6.07) is 2.71. The Hall–Kier alpha value is -1.13. The van der Waals surface area contributed by atoms with Crippen LogP contribution in [0, 0.1) is 0 Å². The number of likely N-dealkylation sites (N-methyl/N-ethyl adjacent to an activating group) is 1. The number of aromatic amines is 1. The van der Waals surface area contributed by atoms with Gasteiger partial charge in [0.05, 0.1) is 0 Å². The topological polar surface area (TPSA) is 48.1 Å². The third-order valence-electron chi connectivity index (χ3n) is 4.41. The maximum Gasteiger partial charge on any atom is 0.252 e. The van der Waals surface area contributed by atoms with Crippen molar-refractivity contribution in [2.45, 2.75) is 51.2 Å². The van der Waals surface area contributed by atoms with Crippen LogP contribution < -0.4 is 10.9 Å². The molecular formula is C15H23N3O. The van der Waals surface area contributed by atoms with Gasteiger partial charge in [-0.05, 0) is 31.5 Å². The Kier molecular flexibility index (Phi) is 3.71.